The highest BCUT2D eigenvalue weighted by molar-refractivity contribution is 7.99. The van der Waals surface area contributed by atoms with Crippen molar-refractivity contribution in [2.45, 2.75) is 80.6 Å². The Morgan fingerprint density at radius 3 is 2.04 bits per heavy atom. The first kappa shape index (κ1) is 21.9. The zero-order valence-corrected chi connectivity index (χ0v) is 19.1. The van der Waals surface area contributed by atoms with Crippen molar-refractivity contribution in [3.8, 4) is 0 Å². The lowest BCUT2D eigenvalue weighted by Crippen LogP contribution is -2.61. The lowest BCUT2D eigenvalue weighted by molar-refractivity contribution is -0.204. The second kappa shape index (κ2) is 8.75. The smallest absolute Gasteiger partial charge is 0.192 e. The standard InChI is InChI=1S/C20H34O4SSi/c1-14-16(24-26(7,8)20(2,3)4)17(21-5)18(22-6)19(23-14)25-15-12-10-9-11-13-15/h9-14,16-19H,1-8H3/t14-,16+,17+,18-,19-/m0/s1. The van der Waals surface area contributed by atoms with Crippen LogP contribution in [0.4, 0.5) is 0 Å². The second-order valence-corrected chi connectivity index (χ2v) is 14.3. The molecule has 2 rings (SSSR count). The first-order chi connectivity index (χ1) is 12.1. The number of methoxy groups -OCH3 is 2. The van der Waals surface area contributed by atoms with E-state index in [1.54, 1.807) is 26.0 Å². The first-order valence-electron chi connectivity index (χ1n) is 9.21. The summed E-state index contributed by atoms with van der Waals surface area (Å²) in [6.45, 7) is 13.3. The monoisotopic (exact) mass is 398 g/mol. The minimum absolute atomic E-state index is 0.0679. The molecular formula is C20H34O4SSi. The van der Waals surface area contributed by atoms with Gasteiger partial charge in [0.25, 0.3) is 0 Å². The van der Waals surface area contributed by atoms with Crippen LogP contribution in [-0.2, 0) is 18.6 Å². The van der Waals surface area contributed by atoms with Crippen LogP contribution in [-0.4, -0.2) is 52.4 Å². The van der Waals surface area contributed by atoms with Gasteiger partial charge in [0.2, 0.25) is 0 Å². The summed E-state index contributed by atoms with van der Waals surface area (Å²) in [6.07, 6.45) is -0.574. The Hall–Kier alpha value is -0.373. The lowest BCUT2D eigenvalue weighted by Gasteiger charge is -2.48. The van der Waals surface area contributed by atoms with Gasteiger partial charge in [-0.25, -0.2) is 0 Å². The Morgan fingerprint density at radius 2 is 1.54 bits per heavy atom. The first-order valence-corrected chi connectivity index (χ1v) is 13.0. The fourth-order valence-electron chi connectivity index (χ4n) is 2.90. The molecule has 26 heavy (non-hydrogen) atoms. The van der Waals surface area contributed by atoms with Crippen LogP contribution in [0, 0.1) is 0 Å². The molecule has 0 bridgehead atoms. The van der Waals surface area contributed by atoms with Crippen molar-refractivity contribution >= 4 is 20.1 Å². The molecule has 0 spiro atoms. The maximum absolute atomic E-state index is 6.69. The Labute approximate surface area is 164 Å². The van der Waals surface area contributed by atoms with Gasteiger partial charge in [-0.05, 0) is 37.2 Å². The summed E-state index contributed by atoms with van der Waals surface area (Å²) in [7, 11) is 1.50. The Balaban J connectivity index is 2.21. The molecule has 4 nitrogen and oxygen atoms in total. The van der Waals surface area contributed by atoms with E-state index in [-0.39, 0.29) is 34.9 Å². The molecule has 1 aliphatic heterocycles. The Bertz CT molecular complexity index is 561. The third-order valence-electron chi connectivity index (χ3n) is 5.50. The Kier molecular flexibility index (Phi) is 7.38. The summed E-state index contributed by atoms with van der Waals surface area (Å²) in [5.41, 5.74) is -0.137. The Morgan fingerprint density at radius 1 is 0.962 bits per heavy atom. The molecule has 0 aliphatic carbocycles. The highest BCUT2D eigenvalue weighted by Gasteiger charge is 2.50. The zero-order valence-electron chi connectivity index (χ0n) is 17.3. The summed E-state index contributed by atoms with van der Waals surface area (Å²) < 4.78 is 24.7. The van der Waals surface area contributed by atoms with E-state index < -0.39 is 8.32 Å². The van der Waals surface area contributed by atoms with Crippen molar-refractivity contribution in [2.75, 3.05) is 14.2 Å². The molecule has 1 aromatic carbocycles. The number of rotatable bonds is 6. The molecule has 1 aliphatic rings. The average Bonchev–Trinajstić information content (AvgIpc) is 2.56. The van der Waals surface area contributed by atoms with Crippen LogP contribution in [0.2, 0.25) is 18.1 Å². The number of thioether (sulfide) groups is 1. The van der Waals surface area contributed by atoms with Crippen LogP contribution < -0.4 is 0 Å². The van der Waals surface area contributed by atoms with E-state index in [2.05, 4.69) is 52.9 Å². The van der Waals surface area contributed by atoms with Gasteiger partial charge in [0.15, 0.2) is 8.32 Å². The topological polar surface area (TPSA) is 36.9 Å². The van der Waals surface area contributed by atoms with Gasteiger partial charge in [0.05, 0.1) is 12.2 Å². The van der Waals surface area contributed by atoms with Crippen LogP contribution >= 0.6 is 11.8 Å². The van der Waals surface area contributed by atoms with Crippen molar-refractivity contribution in [3.05, 3.63) is 30.3 Å². The average molecular weight is 399 g/mol. The van der Waals surface area contributed by atoms with Crippen LogP contribution in [0.5, 0.6) is 0 Å². The van der Waals surface area contributed by atoms with Crippen LogP contribution in [0.1, 0.15) is 27.7 Å². The predicted octanol–water partition coefficient (Wildman–Crippen LogP) is 4.94. The van der Waals surface area contributed by atoms with E-state index in [0.29, 0.717) is 0 Å². The fourth-order valence-corrected chi connectivity index (χ4v) is 5.47. The quantitative estimate of drug-likeness (QED) is 0.634. The van der Waals surface area contributed by atoms with Crippen LogP contribution in [0.15, 0.2) is 35.2 Å². The predicted molar refractivity (Wildman–Crippen MR) is 110 cm³/mol. The minimum Gasteiger partial charge on any atom is -0.409 e. The van der Waals surface area contributed by atoms with Gasteiger partial charge in [0.1, 0.15) is 17.6 Å². The van der Waals surface area contributed by atoms with Gasteiger partial charge in [0, 0.05) is 19.1 Å². The van der Waals surface area contributed by atoms with E-state index in [1.165, 1.54) is 0 Å². The van der Waals surface area contributed by atoms with E-state index in [1.807, 2.05) is 18.2 Å². The second-order valence-electron chi connectivity index (χ2n) is 8.38. The summed E-state index contributed by atoms with van der Waals surface area (Å²) >= 11 is 1.67. The van der Waals surface area contributed by atoms with Gasteiger partial charge >= 0.3 is 0 Å². The molecule has 0 radical (unpaired) electrons. The maximum atomic E-state index is 6.69. The van der Waals surface area contributed by atoms with E-state index in [0.717, 1.165) is 4.90 Å². The number of hydrogen-bond donors (Lipinski definition) is 0. The summed E-state index contributed by atoms with van der Waals surface area (Å²) in [4.78, 5) is 1.16. The van der Waals surface area contributed by atoms with Crippen molar-refractivity contribution in [1.82, 2.24) is 0 Å². The van der Waals surface area contributed by atoms with Crippen LogP contribution in [0.3, 0.4) is 0 Å². The van der Waals surface area contributed by atoms with E-state index in [9.17, 15) is 0 Å². The van der Waals surface area contributed by atoms with Gasteiger partial charge in [-0.2, -0.15) is 0 Å². The molecule has 1 heterocycles. The van der Waals surface area contributed by atoms with E-state index in [4.69, 9.17) is 18.6 Å². The highest BCUT2D eigenvalue weighted by atomic mass is 32.2. The summed E-state index contributed by atoms with van der Waals surface area (Å²) in [6, 6.07) is 10.3. The zero-order chi connectivity index (χ0) is 19.5. The molecule has 1 saturated heterocycles. The largest absolute Gasteiger partial charge is 0.409 e. The molecule has 0 unspecified atom stereocenters. The molecule has 0 aromatic heterocycles. The van der Waals surface area contributed by atoms with Gasteiger partial charge in [-0.3, -0.25) is 0 Å². The molecule has 148 valence electrons. The minimum atomic E-state index is -1.95. The number of benzene rings is 1. The molecule has 5 atom stereocenters. The molecular weight excluding hydrogens is 364 g/mol. The third-order valence-corrected chi connectivity index (χ3v) is 11.1. The van der Waals surface area contributed by atoms with Gasteiger partial charge < -0.3 is 18.6 Å². The van der Waals surface area contributed by atoms with Gasteiger partial charge in [-0.1, -0.05) is 50.7 Å². The molecule has 6 heteroatoms. The normalized spacial score (nSPS) is 30.4. The number of ether oxygens (including phenoxy) is 3. The fraction of sp³-hybridized carbons (Fsp3) is 0.700. The summed E-state index contributed by atoms with van der Waals surface area (Å²) in [5, 5.41) is 0.128. The molecule has 0 N–H and O–H groups in total. The van der Waals surface area contributed by atoms with Crippen molar-refractivity contribution in [3.63, 3.8) is 0 Å². The molecule has 1 aromatic rings. The lowest BCUT2D eigenvalue weighted by atomic mass is 10.0. The summed E-state index contributed by atoms with van der Waals surface area (Å²) in [5.74, 6) is 0. The number of hydrogen-bond acceptors (Lipinski definition) is 5. The van der Waals surface area contributed by atoms with Crippen molar-refractivity contribution in [2.24, 2.45) is 0 Å². The van der Waals surface area contributed by atoms with Crippen LogP contribution in [0.25, 0.3) is 0 Å². The molecule has 0 amide bonds. The maximum Gasteiger partial charge on any atom is 0.192 e. The van der Waals surface area contributed by atoms with E-state index >= 15 is 0 Å². The third kappa shape index (κ3) is 4.91. The molecule has 0 saturated carbocycles. The SMILES string of the molecule is CO[C@@H]1[C@H](O[Si](C)(C)C(C)(C)C)[C@H](C)O[C@@H](Sc2ccccc2)[C@H]1OC. The van der Waals surface area contributed by atoms with Gasteiger partial charge in [-0.15, -0.1) is 0 Å². The van der Waals surface area contributed by atoms with Crippen molar-refractivity contribution in [1.29, 1.82) is 0 Å². The van der Waals surface area contributed by atoms with Crippen molar-refractivity contribution < 1.29 is 18.6 Å². The molecule has 1 fully saturated rings. The highest BCUT2D eigenvalue weighted by Crippen LogP contribution is 2.42.